The molecule has 4 rings (SSSR count). The lowest BCUT2D eigenvalue weighted by molar-refractivity contribution is -0.122. The minimum atomic E-state index is -0.0326. The van der Waals surface area contributed by atoms with Gasteiger partial charge in [-0.15, -0.1) is 0 Å². The number of hydrogen-bond donors (Lipinski definition) is 0. The molecule has 0 spiro atoms. The highest BCUT2D eigenvalue weighted by Crippen LogP contribution is 2.33. The van der Waals surface area contributed by atoms with Crippen molar-refractivity contribution in [1.29, 1.82) is 0 Å². The van der Waals surface area contributed by atoms with E-state index in [0.29, 0.717) is 15.8 Å². The van der Waals surface area contributed by atoms with Crippen molar-refractivity contribution in [3.8, 4) is 5.75 Å². The van der Waals surface area contributed by atoms with Crippen LogP contribution in [0.1, 0.15) is 11.1 Å². The van der Waals surface area contributed by atoms with Gasteiger partial charge in [0.05, 0.1) is 17.5 Å². The van der Waals surface area contributed by atoms with Crippen molar-refractivity contribution in [3.63, 3.8) is 0 Å². The zero-order valence-electron chi connectivity index (χ0n) is 15.3. The summed E-state index contributed by atoms with van der Waals surface area (Å²) in [4.78, 5) is 19.5. The van der Waals surface area contributed by atoms with Crippen LogP contribution in [0.2, 0.25) is 0 Å². The maximum Gasteiger partial charge on any atom is 0.266 e. The second-order valence-corrected chi connectivity index (χ2v) is 8.06. The first kappa shape index (κ1) is 18.7. The number of benzene rings is 2. The van der Waals surface area contributed by atoms with Crippen molar-refractivity contribution in [3.05, 3.63) is 76.8 Å². The number of thioether (sulfide) groups is 1. The van der Waals surface area contributed by atoms with Gasteiger partial charge >= 0.3 is 0 Å². The molecule has 1 fully saturated rings. The number of rotatable bonds is 5. The number of methoxy groups -OCH3 is 1. The monoisotopic (exact) mass is 406 g/mol. The summed E-state index contributed by atoms with van der Waals surface area (Å²) in [6.07, 6.45) is 4.42. The van der Waals surface area contributed by atoms with E-state index < -0.39 is 0 Å². The second kappa shape index (κ2) is 8.12. The number of hydrogen-bond acceptors (Lipinski definition) is 5. The standard InChI is InChI=1S/C22H18N2O2S2/c1-26-18-7-4-15(5-8-18)10-12-24-21(25)20(28-22(24)27)14-16-6-9-19-17(13-16)3-2-11-23-19/h2-9,11,13-14H,10,12H2,1H3. The maximum atomic E-state index is 12.8. The summed E-state index contributed by atoms with van der Waals surface area (Å²) >= 11 is 6.80. The number of carbonyl (C=O) groups excluding carboxylic acids is 1. The van der Waals surface area contributed by atoms with Gasteiger partial charge in [-0.05, 0) is 54.0 Å². The molecule has 0 radical (unpaired) electrons. The van der Waals surface area contributed by atoms with Crippen LogP contribution in [0.15, 0.2) is 65.7 Å². The van der Waals surface area contributed by atoms with Gasteiger partial charge in [-0.3, -0.25) is 14.7 Å². The highest BCUT2D eigenvalue weighted by molar-refractivity contribution is 8.26. The number of pyridine rings is 1. The van der Waals surface area contributed by atoms with E-state index in [4.69, 9.17) is 17.0 Å². The molecule has 1 aliphatic heterocycles. The minimum absolute atomic E-state index is 0.0326. The van der Waals surface area contributed by atoms with E-state index in [0.717, 1.165) is 34.2 Å². The maximum absolute atomic E-state index is 12.8. The molecule has 140 valence electrons. The Balaban J connectivity index is 1.48. The van der Waals surface area contributed by atoms with Crippen LogP contribution in [0, 0.1) is 0 Å². The normalized spacial score (nSPS) is 15.6. The summed E-state index contributed by atoms with van der Waals surface area (Å²) in [5.74, 6) is 0.790. The second-order valence-electron chi connectivity index (χ2n) is 6.39. The van der Waals surface area contributed by atoms with E-state index in [1.54, 1.807) is 18.2 Å². The topological polar surface area (TPSA) is 42.4 Å². The zero-order valence-corrected chi connectivity index (χ0v) is 16.9. The first-order valence-corrected chi connectivity index (χ1v) is 10.1. The van der Waals surface area contributed by atoms with Crippen molar-refractivity contribution in [1.82, 2.24) is 9.88 Å². The van der Waals surface area contributed by atoms with E-state index >= 15 is 0 Å². The highest BCUT2D eigenvalue weighted by atomic mass is 32.2. The zero-order chi connectivity index (χ0) is 19.5. The van der Waals surface area contributed by atoms with E-state index in [-0.39, 0.29) is 5.91 Å². The third-order valence-corrected chi connectivity index (χ3v) is 5.96. The molecule has 0 aliphatic carbocycles. The molecule has 0 saturated carbocycles. The van der Waals surface area contributed by atoms with Crippen molar-refractivity contribution in [2.24, 2.45) is 0 Å². The Morgan fingerprint density at radius 3 is 2.79 bits per heavy atom. The van der Waals surface area contributed by atoms with E-state index in [1.165, 1.54) is 11.8 Å². The molecule has 6 heteroatoms. The van der Waals surface area contributed by atoms with Crippen molar-refractivity contribution in [2.75, 3.05) is 13.7 Å². The van der Waals surface area contributed by atoms with Crippen LogP contribution in [0.4, 0.5) is 0 Å². The Labute approximate surface area is 173 Å². The Bertz CT molecular complexity index is 1080. The van der Waals surface area contributed by atoms with Crippen LogP contribution in [0.3, 0.4) is 0 Å². The lowest BCUT2D eigenvalue weighted by atomic mass is 10.1. The predicted molar refractivity (Wildman–Crippen MR) is 118 cm³/mol. The Hall–Kier alpha value is -2.70. The summed E-state index contributed by atoms with van der Waals surface area (Å²) in [6, 6.07) is 17.8. The Morgan fingerprint density at radius 1 is 1.18 bits per heavy atom. The fourth-order valence-corrected chi connectivity index (χ4v) is 4.37. The highest BCUT2D eigenvalue weighted by Gasteiger charge is 2.31. The van der Waals surface area contributed by atoms with Gasteiger partial charge in [0.1, 0.15) is 10.1 Å². The fourth-order valence-electron chi connectivity index (χ4n) is 3.06. The number of fused-ring (bicyclic) bond motifs is 1. The van der Waals surface area contributed by atoms with E-state index in [9.17, 15) is 4.79 Å². The molecule has 0 unspecified atom stereocenters. The smallest absolute Gasteiger partial charge is 0.266 e. The van der Waals surface area contributed by atoms with Crippen LogP contribution in [0.5, 0.6) is 5.75 Å². The van der Waals surface area contributed by atoms with Gasteiger partial charge in [0.15, 0.2) is 0 Å². The molecule has 2 aromatic carbocycles. The number of amides is 1. The number of aromatic nitrogens is 1. The average molecular weight is 407 g/mol. The molecule has 0 atom stereocenters. The number of carbonyl (C=O) groups is 1. The van der Waals surface area contributed by atoms with Crippen LogP contribution in [0.25, 0.3) is 17.0 Å². The fraction of sp³-hybridized carbons (Fsp3) is 0.136. The molecule has 1 aromatic heterocycles. The largest absolute Gasteiger partial charge is 0.497 e. The van der Waals surface area contributed by atoms with Crippen molar-refractivity contribution in [2.45, 2.75) is 6.42 Å². The van der Waals surface area contributed by atoms with Gasteiger partial charge in [0.2, 0.25) is 0 Å². The van der Waals surface area contributed by atoms with Crippen molar-refractivity contribution >= 4 is 51.2 Å². The third-order valence-electron chi connectivity index (χ3n) is 4.58. The van der Waals surface area contributed by atoms with Gasteiger partial charge in [-0.2, -0.15) is 0 Å². The van der Waals surface area contributed by atoms with Gasteiger partial charge in [-0.1, -0.05) is 48.2 Å². The SMILES string of the molecule is COc1ccc(CCN2C(=O)C(=Cc3ccc4ncccc4c3)SC2=S)cc1. The minimum Gasteiger partial charge on any atom is -0.497 e. The summed E-state index contributed by atoms with van der Waals surface area (Å²) < 4.78 is 5.78. The van der Waals surface area contributed by atoms with Crippen molar-refractivity contribution < 1.29 is 9.53 Å². The Kier molecular flexibility index (Phi) is 5.41. The van der Waals surface area contributed by atoms with Crippen LogP contribution in [-0.2, 0) is 11.2 Å². The van der Waals surface area contributed by atoms with Gasteiger partial charge in [0, 0.05) is 18.1 Å². The molecular weight excluding hydrogens is 388 g/mol. The predicted octanol–water partition coefficient (Wildman–Crippen LogP) is 4.69. The molecule has 1 saturated heterocycles. The summed E-state index contributed by atoms with van der Waals surface area (Å²) in [6.45, 7) is 0.565. The first-order valence-electron chi connectivity index (χ1n) is 8.87. The number of ether oxygens (including phenoxy) is 1. The quantitative estimate of drug-likeness (QED) is 0.454. The molecule has 4 nitrogen and oxygen atoms in total. The van der Waals surface area contributed by atoms with E-state index in [2.05, 4.69) is 4.98 Å². The first-order chi connectivity index (χ1) is 13.6. The molecule has 1 aliphatic rings. The lowest BCUT2D eigenvalue weighted by Gasteiger charge is -2.14. The molecule has 0 bridgehead atoms. The molecular formula is C22H18N2O2S2. The summed E-state index contributed by atoms with van der Waals surface area (Å²) in [7, 11) is 1.65. The van der Waals surface area contributed by atoms with Crippen LogP contribution >= 0.6 is 24.0 Å². The van der Waals surface area contributed by atoms with Crippen LogP contribution in [-0.4, -0.2) is 33.8 Å². The van der Waals surface area contributed by atoms with Gasteiger partial charge in [0.25, 0.3) is 5.91 Å². The molecule has 0 N–H and O–H groups in total. The van der Waals surface area contributed by atoms with E-state index in [1.807, 2.05) is 60.7 Å². The number of thiocarbonyl (C=S) groups is 1. The molecule has 1 amide bonds. The molecule has 28 heavy (non-hydrogen) atoms. The van der Waals surface area contributed by atoms with Gasteiger partial charge < -0.3 is 4.74 Å². The lowest BCUT2D eigenvalue weighted by Crippen LogP contribution is -2.30. The number of nitrogens with zero attached hydrogens (tertiary/aromatic N) is 2. The Morgan fingerprint density at radius 2 is 2.00 bits per heavy atom. The third kappa shape index (κ3) is 3.93. The molecule has 2 heterocycles. The van der Waals surface area contributed by atoms with Gasteiger partial charge in [-0.25, -0.2) is 0 Å². The summed E-state index contributed by atoms with van der Waals surface area (Å²) in [5.41, 5.74) is 3.05. The molecule has 3 aromatic rings. The van der Waals surface area contributed by atoms with Crippen LogP contribution < -0.4 is 4.74 Å². The summed E-state index contributed by atoms with van der Waals surface area (Å²) in [5, 5.41) is 1.05. The average Bonchev–Trinajstić information content (AvgIpc) is 2.99.